The zero-order chi connectivity index (χ0) is 18.1. The van der Waals surface area contributed by atoms with Crippen LogP contribution < -0.4 is 5.32 Å². The molecule has 26 heavy (non-hydrogen) atoms. The van der Waals surface area contributed by atoms with E-state index in [0.717, 1.165) is 23.2 Å². The van der Waals surface area contributed by atoms with Crippen LogP contribution in [-0.4, -0.2) is 10.9 Å². The van der Waals surface area contributed by atoms with Gasteiger partial charge in [-0.2, -0.15) is 0 Å². The predicted octanol–water partition coefficient (Wildman–Crippen LogP) is 5.03. The van der Waals surface area contributed by atoms with Crippen molar-refractivity contribution in [2.24, 2.45) is 0 Å². The molecule has 0 saturated carbocycles. The number of halogens is 2. The molecule has 4 aromatic rings. The Labute approximate surface area is 147 Å². The number of benzene rings is 3. The van der Waals surface area contributed by atoms with Crippen LogP contribution in [0.3, 0.4) is 0 Å². The van der Waals surface area contributed by atoms with Gasteiger partial charge in [-0.25, -0.2) is 13.8 Å². The fourth-order valence-corrected chi connectivity index (χ4v) is 2.60. The highest BCUT2D eigenvalue weighted by molar-refractivity contribution is 6.04. The Morgan fingerprint density at radius 3 is 2.27 bits per heavy atom. The van der Waals surface area contributed by atoms with Gasteiger partial charge >= 0.3 is 0 Å². The molecule has 4 rings (SSSR count). The molecule has 1 heterocycles. The van der Waals surface area contributed by atoms with Crippen molar-refractivity contribution in [2.75, 3.05) is 5.32 Å². The molecule has 0 unspecified atom stereocenters. The maximum Gasteiger partial charge on any atom is 0.261 e. The van der Waals surface area contributed by atoms with Gasteiger partial charge in [-0.3, -0.25) is 4.79 Å². The molecule has 0 fully saturated rings. The lowest BCUT2D eigenvalue weighted by Gasteiger charge is -2.07. The number of aromatic nitrogens is 1. The van der Waals surface area contributed by atoms with Crippen molar-refractivity contribution in [3.05, 3.63) is 83.9 Å². The van der Waals surface area contributed by atoms with Crippen molar-refractivity contribution in [3.63, 3.8) is 0 Å². The molecule has 128 valence electrons. The monoisotopic (exact) mass is 350 g/mol. The van der Waals surface area contributed by atoms with Crippen LogP contribution in [0.1, 0.15) is 10.4 Å². The highest BCUT2D eigenvalue weighted by Crippen LogP contribution is 2.25. The first kappa shape index (κ1) is 16.0. The van der Waals surface area contributed by atoms with E-state index in [1.165, 1.54) is 6.07 Å². The van der Waals surface area contributed by atoms with Gasteiger partial charge in [0.2, 0.25) is 5.89 Å². The van der Waals surface area contributed by atoms with E-state index in [9.17, 15) is 13.6 Å². The Morgan fingerprint density at radius 1 is 0.885 bits per heavy atom. The molecular formula is C20H12F2N2O2. The topological polar surface area (TPSA) is 55.1 Å². The molecule has 0 radical (unpaired) electrons. The average molecular weight is 350 g/mol. The molecule has 0 saturated heterocycles. The van der Waals surface area contributed by atoms with Gasteiger partial charge in [0, 0.05) is 11.3 Å². The molecular weight excluding hydrogens is 338 g/mol. The van der Waals surface area contributed by atoms with Gasteiger partial charge in [0.15, 0.2) is 5.58 Å². The number of oxazole rings is 1. The molecule has 0 aliphatic heterocycles. The Balaban J connectivity index is 1.57. The van der Waals surface area contributed by atoms with Crippen molar-refractivity contribution in [3.8, 4) is 11.5 Å². The van der Waals surface area contributed by atoms with Gasteiger partial charge < -0.3 is 9.73 Å². The van der Waals surface area contributed by atoms with Gasteiger partial charge in [0.25, 0.3) is 5.91 Å². The summed E-state index contributed by atoms with van der Waals surface area (Å²) in [6.45, 7) is 0. The Morgan fingerprint density at radius 2 is 1.58 bits per heavy atom. The number of carbonyl (C=O) groups is 1. The third-order valence-corrected chi connectivity index (χ3v) is 3.87. The largest absolute Gasteiger partial charge is 0.436 e. The minimum Gasteiger partial charge on any atom is -0.436 e. The minimum atomic E-state index is -0.911. The highest BCUT2D eigenvalue weighted by atomic mass is 19.1. The van der Waals surface area contributed by atoms with Crippen LogP contribution in [0.15, 0.2) is 71.1 Å². The zero-order valence-electron chi connectivity index (χ0n) is 13.4. The second-order valence-electron chi connectivity index (χ2n) is 5.61. The van der Waals surface area contributed by atoms with E-state index in [4.69, 9.17) is 4.42 Å². The zero-order valence-corrected chi connectivity index (χ0v) is 13.4. The lowest BCUT2D eigenvalue weighted by Crippen LogP contribution is -2.15. The summed E-state index contributed by atoms with van der Waals surface area (Å²) >= 11 is 0. The second-order valence-corrected chi connectivity index (χ2v) is 5.61. The van der Waals surface area contributed by atoms with E-state index < -0.39 is 23.1 Å². The summed E-state index contributed by atoms with van der Waals surface area (Å²) in [7, 11) is 0. The molecule has 3 aromatic carbocycles. The number of fused-ring (bicyclic) bond motifs is 1. The van der Waals surface area contributed by atoms with Crippen LogP contribution in [0.25, 0.3) is 22.6 Å². The molecule has 6 heteroatoms. The lowest BCUT2D eigenvalue weighted by atomic mass is 10.1. The number of amides is 1. The number of hydrogen-bond donors (Lipinski definition) is 1. The van der Waals surface area contributed by atoms with Crippen LogP contribution in [0, 0.1) is 11.6 Å². The molecule has 4 nitrogen and oxygen atoms in total. The van der Waals surface area contributed by atoms with Crippen molar-refractivity contribution in [1.82, 2.24) is 4.98 Å². The van der Waals surface area contributed by atoms with Crippen LogP contribution in [0.2, 0.25) is 0 Å². The summed E-state index contributed by atoms with van der Waals surface area (Å²) in [5, 5.41) is 2.48. The molecule has 1 amide bonds. The van der Waals surface area contributed by atoms with Crippen molar-refractivity contribution in [1.29, 1.82) is 0 Å². The summed E-state index contributed by atoms with van der Waals surface area (Å²) < 4.78 is 33.0. The number of para-hydroxylation sites is 2. The fraction of sp³-hybridized carbons (Fsp3) is 0. The van der Waals surface area contributed by atoms with Crippen LogP contribution in [-0.2, 0) is 0 Å². The second kappa shape index (κ2) is 6.40. The summed E-state index contributed by atoms with van der Waals surface area (Å²) in [6, 6.07) is 17.3. The van der Waals surface area contributed by atoms with Crippen molar-refractivity contribution < 1.29 is 18.0 Å². The number of carbonyl (C=O) groups excluding carboxylic acids is 1. The van der Waals surface area contributed by atoms with Crippen LogP contribution in [0.5, 0.6) is 0 Å². The number of nitrogens with one attached hydrogen (secondary N) is 1. The van der Waals surface area contributed by atoms with E-state index in [0.29, 0.717) is 17.2 Å². The molecule has 0 bridgehead atoms. The first-order valence-corrected chi connectivity index (χ1v) is 7.83. The SMILES string of the molecule is O=C(Nc1ccc(-c2nc3ccccc3o2)cc1)c1c(F)cccc1F. The quantitative estimate of drug-likeness (QED) is 0.564. The Bertz CT molecular complexity index is 1050. The van der Waals surface area contributed by atoms with Gasteiger partial charge in [0.05, 0.1) is 0 Å². The number of anilines is 1. The standard InChI is InChI=1S/C20H12F2N2O2/c21-14-4-3-5-15(22)18(14)19(25)23-13-10-8-12(9-11-13)20-24-16-6-1-2-7-17(16)26-20/h1-11H,(H,23,25). The minimum absolute atomic E-state index is 0.400. The summed E-state index contributed by atoms with van der Waals surface area (Å²) in [4.78, 5) is 16.5. The highest BCUT2D eigenvalue weighted by Gasteiger charge is 2.17. The van der Waals surface area contributed by atoms with E-state index in [2.05, 4.69) is 10.3 Å². The third kappa shape index (κ3) is 2.93. The molecule has 0 aliphatic rings. The third-order valence-electron chi connectivity index (χ3n) is 3.87. The summed E-state index contributed by atoms with van der Waals surface area (Å²) in [5.41, 5.74) is 1.93. The van der Waals surface area contributed by atoms with E-state index >= 15 is 0 Å². The van der Waals surface area contributed by atoms with E-state index in [1.807, 2.05) is 24.3 Å². The van der Waals surface area contributed by atoms with Crippen LogP contribution in [0.4, 0.5) is 14.5 Å². The predicted molar refractivity (Wildman–Crippen MR) is 93.8 cm³/mol. The average Bonchev–Trinajstić information content (AvgIpc) is 3.06. The summed E-state index contributed by atoms with van der Waals surface area (Å²) in [6.07, 6.45) is 0. The number of nitrogens with zero attached hydrogens (tertiary/aromatic N) is 1. The van der Waals surface area contributed by atoms with Gasteiger partial charge in [-0.05, 0) is 48.5 Å². The van der Waals surface area contributed by atoms with Gasteiger partial charge in [-0.15, -0.1) is 0 Å². The Kier molecular flexibility index (Phi) is 3.93. The number of rotatable bonds is 3. The smallest absolute Gasteiger partial charge is 0.261 e. The molecule has 0 spiro atoms. The Hall–Kier alpha value is -3.54. The molecule has 0 atom stereocenters. The molecule has 1 aromatic heterocycles. The van der Waals surface area contributed by atoms with E-state index in [1.54, 1.807) is 24.3 Å². The number of hydrogen-bond acceptors (Lipinski definition) is 3. The fourth-order valence-electron chi connectivity index (χ4n) is 2.60. The van der Waals surface area contributed by atoms with E-state index in [-0.39, 0.29) is 0 Å². The maximum absolute atomic E-state index is 13.7. The first-order chi connectivity index (χ1) is 12.6. The van der Waals surface area contributed by atoms with Crippen molar-refractivity contribution in [2.45, 2.75) is 0 Å². The summed E-state index contributed by atoms with van der Waals surface area (Å²) in [5.74, 6) is -2.23. The van der Waals surface area contributed by atoms with Gasteiger partial charge in [0.1, 0.15) is 22.7 Å². The maximum atomic E-state index is 13.7. The van der Waals surface area contributed by atoms with Crippen molar-refractivity contribution >= 4 is 22.7 Å². The molecule has 0 aliphatic carbocycles. The van der Waals surface area contributed by atoms with Gasteiger partial charge in [-0.1, -0.05) is 18.2 Å². The first-order valence-electron chi connectivity index (χ1n) is 7.83. The normalized spacial score (nSPS) is 10.8. The lowest BCUT2D eigenvalue weighted by molar-refractivity contribution is 0.101. The molecule has 1 N–H and O–H groups in total. The van der Waals surface area contributed by atoms with Crippen LogP contribution >= 0.6 is 0 Å².